The van der Waals surface area contributed by atoms with Gasteiger partial charge >= 0.3 is 0 Å². The molecule has 2 aromatic rings. The molecule has 1 atom stereocenters. The summed E-state index contributed by atoms with van der Waals surface area (Å²) < 4.78 is 45.2. The minimum absolute atomic E-state index is 0. The Morgan fingerprint density at radius 1 is 1.10 bits per heavy atom. The molecule has 4 rings (SSSR count). The first kappa shape index (κ1) is 16.5. The lowest BCUT2D eigenvalue weighted by atomic mass is 9.85. The van der Waals surface area contributed by atoms with E-state index in [2.05, 4.69) is 0 Å². The van der Waals surface area contributed by atoms with Crippen LogP contribution in [0, 0.1) is 11.8 Å². The normalized spacial score (nSPS) is 23.8. The zero-order valence-electron chi connectivity index (χ0n) is 20.4. The van der Waals surface area contributed by atoms with Crippen LogP contribution in [0.25, 0.3) is 0 Å². The number of ketones is 1. The van der Waals surface area contributed by atoms with Crippen molar-refractivity contribution in [1.82, 2.24) is 4.90 Å². The molecule has 1 unspecified atom stereocenters. The van der Waals surface area contributed by atoms with Gasteiger partial charge in [-0.3, -0.25) is 9.69 Å². The molecule has 1 heterocycles. The van der Waals surface area contributed by atoms with E-state index >= 15 is 0 Å². The molecule has 0 amide bonds. The summed E-state index contributed by atoms with van der Waals surface area (Å²) in [7, 11) is 2.99. The van der Waals surface area contributed by atoms with Crippen molar-refractivity contribution in [2.24, 2.45) is 11.8 Å². The topological polar surface area (TPSA) is 38.8 Å². The van der Waals surface area contributed by atoms with Gasteiger partial charge in [0.25, 0.3) is 0 Å². The van der Waals surface area contributed by atoms with Crippen LogP contribution < -0.4 is 9.47 Å². The van der Waals surface area contributed by atoms with Gasteiger partial charge in [-0.05, 0) is 67.9 Å². The van der Waals surface area contributed by atoms with Gasteiger partial charge in [0.05, 0.1) is 14.2 Å². The molecule has 0 aromatic heterocycles. The number of benzene rings is 2. The lowest BCUT2D eigenvalue weighted by Gasteiger charge is -2.32. The third-order valence-electron chi connectivity index (χ3n) is 5.68. The van der Waals surface area contributed by atoms with E-state index in [9.17, 15) is 4.79 Å². The Morgan fingerprint density at radius 3 is 2.41 bits per heavy atom. The molecule has 156 valence electrons. The van der Waals surface area contributed by atoms with Crippen LogP contribution in [0.3, 0.4) is 0 Å². The molecule has 1 fully saturated rings. The lowest BCUT2D eigenvalue weighted by molar-refractivity contribution is 0.0895. The number of carbonyl (C=O) groups is 1. The summed E-state index contributed by atoms with van der Waals surface area (Å²) in [6.07, 6.45) is 0.138. The van der Waals surface area contributed by atoms with Crippen LogP contribution in [-0.4, -0.2) is 38.0 Å². The highest BCUT2D eigenvalue weighted by Gasteiger charge is 2.34. The van der Waals surface area contributed by atoms with Crippen LogP contribution >= 0.6 is 0 Å². The fourth-order valence-corrected chi connectivity index (χ4v) is 4.12. The van der Waals surface area contributed by atoms with Crippen LogP contribution in [0.1, 0.15) is 53.7 Å². The number of piperidine rings is 1. The number of ether oxygens (including phenoxy) is 2. The minimum atomic E-state index is -1.78. The average Bonchev–Trinajstić information content (AvgIpc) is 2.99. The predicted octanol–water partition coefficient (Wildman–Crippen LogP) is 5.00. The summed E-state index contributed by atoms with van der Waals surface area (Å²) in [5.74, 6) is 0.0669. The number of methoxy groups -OCH3 is 2. The van der Waals surface area contributed by atoms with Crippen LogP contribution in [0.5, 0.6) is 11.5 Å². The van der Waals surface area contributed by atoms with E-state index in [0.717, 1.165) is 12.8 Å². The second kappa shape index (κ2) is 9.45. The van der Waals surface area contributed by atoms with Crippen molar-refractivity contribution >= 4 is 5.78 Å². The third kappa shape index (κ3) is 4.64. The second-order valence-electron chi connectivity index (χ2n) is 7.46. The smallest absolute Gasteiger partial charge is 0.166 e. The molecule has 4 heteroatoms. The van der Waals surface area contributed by atoms with Gasteiger partial charge in [-0.15, -0.1) is 0 Å². The lowest BCUT2D eigenvalue weighted by Crippen LogP contribution is -2.34. The van der Waals surface area contributed by atoms with Crippen LogP contribution in [0.2, 0.25) is 0 Å². The Kier molecular flexibility index (Phi) is 5.36. The van der Waals surface area contributed by atoms with Gasteiger partial charge < -0.3 is 9.47 Å². The van der Waals surface area contributed by atoms with Crippen LogP contribution in [0.4, 0.5) is 0 Å². The van der Waals surface area contributed by atoms with E-state index in [1.54, 1.807) is 24.3 Å². The Hall–Kier alpha value is -2.33. The first-order valence-corrected chi connectivity index (χ1v) is 9.81. The number of rotatable bonds is 6. The summed E-state index contributed by atoms with van der Waals surface area (Å²) in [5, 5.41) is 0. The number of hydrogen-bond donors (Lipinski definition) is 0. The van der Waals surface area contributed by atoms with Gasteiger partial charge in [0.2, 0.25) is 0 Å². The zero-order valence-corrected chi connectivity index (χ0v) is 16.4. The van der Waals surface area contributed by atoms with E-state index in [1.807, 2.05) is 23.1 Å². The number of carbonyl (C=O) groups excluding carboxylic acids is 1. The van der Waals surface area contributed by atoms with Gasteiger partial charge in [-0.2, -0.15) is 0 Å². The summed E-state index contributed by atoms with van der Waals surface area (Å²) in [4.78, 5) is 15.0. The van der Waals surface area contributed by atoms with Crippen molar-refractivity contribution in [1.29, 1.82) is 0 Å². The minimum Gasteiger partial charge on any atom is -0.493 e. The fraction of sp³-hybridized carbons (Fsp3) is 0.480. The Bertz CT molecular complexity index is 989. The Morgan fingerprint density at radius 2 is 1.76 bits per heavy atom. The van der Waals surface area contributed by atoms with Crippen molar-refractivity contribution in [3.05, 3.63) is 59.2 Å². The maximum Gasteiger partial charge on any atom is 0.166 e. The Balaban J connectivity index is 0.00000306. The van der Waals surface area contributed by atoms with E-state index in [1.165, 1.54) is 14.2 Å². The van der Waals surface area contributed by atoms with Crippen LogP contribution in [-0.2, 0) is 12.9 Å². The predicted molar refractivity (Wildman–Crippen MR) is 117 cm³/mol. The number of hydrogen-bond acceptors (Lipinski definition) is 4. The van der Waals surface area contributed by atoms with E-state index in [-0.39, 0.29) is 19.1 Å². The number of Topliss-reactive ketones (excluding diaryl/α,β-unsaturated/α-hetero) is 1. The van der Waals surface area contributed by atoms with Crippen molar-refractivity contribution < 1.29 is 19.8 Å². The summed E-state index contributed by atoms with van der Waals surface area (Å²) >= 11 is 0. The summed E-state index contributed by atoms with van der Waals surface area (Å²) in [6.45, 7) is -0.399. The average molecular weight is 400 g/mol. The van der Waals surface area contributed by atoms with E-state index in [4.69, 9.17) is 15.0 Å². The van der Waals surface area contributed by atoms with Crippen LogP contribution in [0.15, 0.2) is 42.5 Å². The molecule has 1 aliphatic heterocycles. The highest BCUT2D eigenvalue weighted by molar-refractivity contribution is 6.02. The first-order valence-electron chi connectivity index (χ1n) is 11.8. The molecule has 4 nitrogen and oxygen atoms in total. The van der Waals surface area contributed by atoms with Gasteiger partial charge in [0.1, 0.15) is 0 Å². The van der Waals surface area contributed by atoms with Gasteiger partial charge in [0.15, 0.2) is 17.3 Å². The molecule has 0 saturated carbocycles. The maximum atomic E-state index is 13.2. The van der Waals surface area contributed by atoms with E-state index in [0.29, 0.717) is 47.7 Å². The van der Waals surface area contributed by atoms with Gasteiger partial charge in [0, 0.05) is 23.5 Å². The Labute approximate surface area is 180 Å². The fourth-order valence-electron chi connectivity index (χ4n) is 4.12. The number of fused-ring (bicyclic) bond motifs is 1. The second-order valence-corrected chi connectivity index (χ2v) is 7.46. The maximum absolute atomic E-state index is 13.2. The number of nitrogens with zero attached hydrogens (tertiary/aromatic N) is 1. The molecule has 0 N–H and O–H groups in total. The molecular formula is C25H33NO3. The molecule has 2 aromatic carbocycles. The first-order chi connectivity index (χ1) is 15.2. The molecule has 0 bridgehead atoms. The quantitative estimate of drug-likeness (QED) is 0.685. The third-order valence-corrected chi connectivity index (χ3v) is 5.68. The zero-order chi connectivity index (χ0) is 23.1. The van der Waals surface area contributed by atoms with E-state index < -0.39 is 18.8 Å². The standard InChI is InChI=1S/C24H29NO3.CH4/c1-27-22-14-19-13-20(24(26)21(19)15-23(22)28-2)12-17-8-10-25(11-9-17)16-18-6-4-3-5-7-18;/h3-7,14-15,17,20H,8-13,16H2,1-2H3;1H4/i13D2,16D2;. The molecular weight excluding hydrogens is 362 g/mol. The molecule has 2 aliphatic rings. The molecule has 0 spiro atoms. The monoisotopic (exact) mass is 399 g/mol. The molecule has 0 radical (unpaired) electrons. The summed E-state index contributed by atoms with van der Waals surface area (Å²) in [6, 6.07) is 12.3. The van der Waals surface area contributed by atoms with Crippen molar-refractivity contribution in [3.63, 3.8) is 0 Å². The highest BCUT2D eigenvalue weighted by atomic mass is 16.5. The van der Waals surface area contributed by atoms with Crippen molar-refractivity contribution in [2.75, 3.05) is 27.3 Å². The largest absolute Gasteiger partial charge is 0.493 e. The molecule has 1 saturated heterocycles. The molecule has 29 heavy (non-hydrogen) atoms. The molecule has 1 aliphatic carbocycles. The van der Waals surface area contributed by atoms with Gasteiger partial charge in [-0.1, -0.05) is 37.8 Å². The highest BCUT2D eigenvalue weighted by Crippen LogP contribution is 2.39. The summed E-state index contributed by atoms with van der Waals surface area (Å²) in [5.41, 5.74) is 1.37. The number of likely N-dealkylation sites (tertiary alicyclic amines) is 1. The van der Waals surface area contributed by atoms with Gasteiger partial charge in [-0.25, -0.2) is 0 Å². The van der Waals surface area contributed by atoms with Crippen molar-refractivity contribution in [2.45, 2.75) is 39.6 Å². The van der Waals surface area contributed by atoms with Crippen molar-refractivity contribution in [3.8, 4) is 11.5 Å². The SMILES string of the molecule is C.[2H]C1([2H])c2cc(OC)c(OC)cc2C(=O)C1CC1CCN(C([2H])([2H])c2ccccc2)CC1.